The Morgan fingerprint density at radius 2 is 0.914 bits per heavy atom. The number of carbonyl (C=O) groups excluding carboxylic acids is 1. The van der Waals surface area contributed by atoms with E-state index in [-0.39, 0.29) is 12.5 Å². The van der Waals surface area contributed by atoms with Gasteiger partial charge in [0, 0.05) is 6.42 Å². The zero-order valence-corrected chi connectivity index (χ0v) is 23.8. The van der Waals surface area contributed by atoms with Crippen molar-refractivity contribution in [2.75, 3.05) is 6.61 Å². The van der Waals surface area contributed by atoms with Crippen LogP contribution in [0.3, 0.4) is 0 Å². The summed E-state index contributed by atoms with van der Waals surface area (Å²) in [5.41, 5.74) is 0. The SMILES string of the molecule is CCCCCCCCCCCCCCCCCCC(O)C(CO)NC(=O)CCCCCCCCC. The molecule has 0 aromatic heterocycles. The molecule has 0 saturated heterocycles. The van der Waals surface area contributed by atoms with E-state index in [0.29, 0.717) is 12.8 Å². The largest absolute Gasteiger partial charge is 0.394 e. The first-order valence-electron chi connectivity index (χ1n) is 15.7. The first kappa shape index (κ1) is 34.4. The molecule has 0 aromatic rings. The summed E-state index contributed by atoms with van der Waals surface area (Å²) in [7, 11) is 0. The van der Waals surface area contributed by atoms with Crippen molar-refractivity contribution in [2.24, 2.45) is 0 Å². The zero-order valence-electron chi connectivity index (χ0n) is 23.8. The molecular weight excluding hydrogens is 434 g/mol. The fourth-order valence-electron chi connectivity index (χ4n) is 4.89. The second-order valence-electron chi connectivity index (χ2n) is 10.9. The molecule has 0 fully saturated rings. The van der Waals surface area contributed by atoms with Crippen molar-refractivity contribution in [3.8, 4) is 0 Å². The maximum absolute atomic E-state index is 12.1. The number of nitrogens with one attached hydrogen (secondary N) is 1. The van der Waals surface area contributed by atoms with Gasteiger partial charge < -0.3 is 15.5 Å². The minimum Gasteiger partial charge on any atom is -0.394 e. The minimum atomic E-state index is -0.648. The van der Waals surface area contributed by atoms with Gasteiger partial charge in [-0.3, -0.25) is 4.79 Å². The van der Waals surface area contributed by atoms with Crippen LogP contribution in [0.15, 0.2) is 0 Å². The van der Waals surface area contributed by atoms with E-state index >= 15 is 0 Å². The molecule has 0 bridgehead atoms. The van der Waals surface area contributed by atoms with E-state index in [9.17, 15) is 15.0 Å². The van der Waals surface area contributed by atoms with Gasteiger partial charge in [0.25, 0.3) is 0 Å². The Labute approximate surface area is 219 Å². The Bertz CT molecular complexity index is 429. The molecule has 4 heteroatoms. The molecule has 0 heterocycles. The molecule has 0 aliphatic heterocycles. The number of rotatable bonds is 28. The van der Waals surface area contributed by atoms with Crippen molar-refractivity contribution in [1.82, 2.24) is 5.32 Å². The number of hydrogen-bond acceptors (Lipinski definition) is 3. The van der Waals surface area contributed by atoms with Gasteiger partial charge in [0.1, 0.15) is 0 Å². The van der Waals surface area contributed by atoms with Crippen molar-refractivity contribution in [3.05, 3.63) is 0 Å². The van der Waals surface area contributed by atoms with Crippen LogP contribution in [0.1, 0.15) is 174 Å². The highest BCUT2D eigenvalue weighted by Gasteiger charge is 2.19. The van der Waals surface area contributed by atoms with Crippen molar-refractivity contribution < 1.29 is 15.0 Å². The Kier molecular flexibility index (Phi) is 27.5. The molecule has 4 nitrogen and oxygen atoms in total. The van der Waals surface area contributed by atoms with Gasteiger partial charge in [0.15, 0.2) is 0 Å². The highest BCUT2D eigenvalue weighted by atomic mass is 16.3. The van der Waals surface area contributed by atoms with E-state index in [1.807, 2.05) is 0 Å². The summed E-state index contributed by atoms with van der Waals surface area (Å²) in [6.07, 6.45) is 30.1. The first-order chi connectivity index (χ1) is 17.2. The highest BCUT2D eigenvalue weighted by Crippen LogP contribution is 2.15. The Morgan fingerprint density at radius 3 is 1.29 bits per heavy atom. The summed E-state index contributed by atoms with van der Waals surface area (Å²) in [5.74, 6) is -0.0383. The quantitative estimate of drug-likeness (QED) is 0.0947. The van der Waals surface area contributed by atoms with E-state index in [1.165, 1.54) is 122 Å². The lowest BCUT2D eigenvalue weighted by Crippen LogP contribution is -2.45. The van der Waals surface area contributed by atoms with E-state index in [0.717, 1.165) is 25.7 Å². The molecule has 0 saturated carbocycles. The van der Waals surface area contributed by atoms with Crippen LogP contribution >= 0.6 is 0 Å². The van der Waals surface area contributed by atoms with Crippen LogP contribution in [-0.2, 0) is 4.79 Å². The van der Waals surface area contributed by atoms with E-state index in [1.54, 1.807) is 0 Å². The van der Waals surface area contributed by atoms with Crippen molar-refractivity contribution in [2.45, 2.75) is 187 Å². The second kappa shape index (κ2) is 28.0. The van der Waals surface area contributed by atoms with Gasteiger partial charge in [-0.25, -0.2) is 0 Å². The predicted molar refractivity (Wildman–Crippen MR) is 152 cm³/mol. The number of unbranched alkanes of at least 4 members (excludes halogenated alkanes) is 21. The third-order valence-electron chi connectivity index (χ3n) is 7.37. The fourth-order valence-corrected chi connectivity index (χ4v) is 4.89. The summed E-state index contributed by atoms with van der Waals surface area (Å²) in [5, 5.41) is 22.8. The number of amides is 1. The predicted octanol–water partition coefficient (Wildman–Crippen LogP) is 8.62. The van der Waals surface area contributed by atoms with Gasteiger partial charge in [-0.2, -0.15) is 0 Å². The molecule has 3 N–H and O–H groups in total. The normalized spacial score (nSPS) is 13.1. The molecule has 0 aliphatic rings. The zero-order chi connectivity index (χ0) is 25.8. The van der Waals surface area contributed by atoms with Crippen LogP contribution in [0.4, 0.5) is 0 Å². The van der Waals surface area contributed by atoms with Crippen LogP contribution in [0, 0.1) is 0 Å². The molecule has 0 radical (unpaired) electrons. The average molecular weight is 498 g/mol. The molecule has 0 aromatic carbocycles. The number of carbonyl (C=O) groups is 1. The standard InChI is InChI=1S/C31H63NO3/c1-3-5-7-9-11-12-13-14-15-16-17-18-19-21-22-24-26-30(34)29(28-33)32-31(35)27-25-23-20-10-8-6-4-2/h29-30,33-34H,3-28H2,1-2H3,(H,32,35). The van der Waals surface area contributed by atoms with Gasteiger partial charge in [-0.05, 0) is 12.8 Å². The number of aliphatic hydroxyl groups is 2. The van der Waals surface area contributed by atoms with Crippen molar-refractivity contribution in [3.63, 3.8) is 0 Å². The molecule has 35 heavy (non-hydrogen) atoms. The number of aliphatic hydroxyl groups excluding tert-OH is 2. The topological polar surface area (TPSA) is 69.6 Å². The van der Waals surface area contributed by atoms with Gasteiger partial charge >= 0.3 is 0 Å². The van der Waals surface area contributed by atoms with Crippen LogP contribution in [0.25, 0.3) is 0 Å². The highest BCUT2D eigenvalue weighted by molar-refractivity contribution is 5.76. The average Bonchev–Trinajstić information content (AvgIpc) is 2.86. The maximum atomic E-state index is 12.1. The monoisotopic (exact) mass is 497 g/mol. The van der Waals surface area contributed by atoms with Gasteiger partial charge in [0.2, 0.25) is 5.91 Å². The minimum absolute atomic E-state index is 0.0383. The molecule has 2 atom stereocenters. The van der Waals surface area contributed by atoms with Crippen molar-refractivity contribution >= 4 is 5.91 Å². The Balaban J connectivity index is 3.52. The van der Waals surface area contributed by atoms with Crippen LogP contribution < -0.4 is 5.32 Å². The van der Waals surface area contributed by atoms with E-state index in [4.69, 9.17) is 0 Å². The molecule has 1 amide bonds. The molecule has 210 valence electrons. The lowest BCUT2D eigenvalue weighted by atomic mass is 10.0. The molecule has 0 aliphatic carbocycles. The maximum Gasteiger partial charge on any atom is 0.220 e. The summed E-state index contributed by atoms with van der Waals surface area (Å²) >= 11 is 0. The first-order valence-corrected chi connectivity index (χ1v) is 15.7. The summed E-state index contributed by atoms with van der Waals surface area (Å²) in [6.45, 7) is 4.31. The third-order valence-corrected chi connectivity index (χ3v) is 7.37. The van der Waals surface area contributed by atoms with Crippen LogP contribution in [-0.4, -0.2) is 34.9 Å². The van der Waals surface area contributed by atoms with Gasteiger partial charge in [-0.15, -0.1) is 0 Å². The Hall–Kier alpha value is -0.610. The van der Waals surface area contributed by atoms with E-state index < -0.39 is 12.1 Å². The molecule has 0 rings (SSSR count). The summed E-state index contributed by atoms with van der Waals surface area (Å²) in [4.78, 5) is 12.1. The molecular formula is C31H63NO3. The molecule has 0 spiro atoms. The van der Waals surface area contributed by atoms with Crippen LogP contribution in [0.5, 0.6) is 0 Å². The lowest BCUT2D eigenvalue weighted by molar-refractivity contribution is -0.123. The molecule has 2 unspecified atom stereocenters. The smallest absolute Gasteiger partial charge is 0.220 e. The fraction of sp³-hybridized carbons (Fsp3) is 0.968. The number of hydrogen-bond donors (Lipinski definition) is 3. The lowest BCUT2D eigenvalue weighted by Gasteiger charge is -2.22. The third kappa shape index (κ3) is 24.8. The van der Waals surface area contributed by atoms with Gasteiger partial charge in [-0.1, -0.05) is 155 Å². The second-order valence-corrected chi connectivity index (χ2v) is 10.9. The van der Waals surface area contributed by atoms with Crippen LogP contribution in [0.2, 0.25) is 0 Å². The van der Waals surface area contributed by atoms with Crippen molar-refractivity contribution in [1.29, 1.82) is 0 Å². The summed E-state index contributed by atoms with van der Waals surface area (Å²) < 4.78 is 0. The summed E-state index contributed by atoms with van der Waals surface area (Å²) in [6, 6.07) is -0.525. The van der Waals surface area contributed by atoms with E-state index in [2.05, 4.69) is 19.2 Å². The Morgan fingerprint density at radius 1 is 0.571 bits per heavy atom. The van der Waals surface area contributed by atoms with Gasteiger partial charge in [0.05, 0.1) is 18.8 Å².